The molecule has 0 aliphatic carbocycles. The van der Waals surface area contributed by atoms with Gasteiger partial charge in [-0.1, -0.05) is 0 Å². The van der Waals surface area contributed by atoms with Crippen molar-refractivity contribution in [2.45, 2.75) is 4.90 Å². The SMILES string of the molecule is CSc1ccc(C(N)=O)c([N+](=O)[O-])c1. The van der Waals surface area contributed by atoms with Crippen LogP contribution in [0.25, 0.3) is 0 Å². The lowest BCUT2D eigenvalue weighted by atomic mass is 10.2. The average Bonchev–Trinajstić information content (AvgIpc) is 2.16. The van der Waals surface area contributed by atoms with Crippen LogP contribution in [0.4, 0.5) is 5.69 Å². The molecule has 1 aromatic rings. The molecule has 0 aromatic heterocycles. The Balaban J connectivity index is 3.31. The summed E-state index contributed by atoms with van der Waals surface area (Å²) in [6.07, 6.45) is 1.79. The third kappa shape index (κ3) is 2.02. The Bertz CT molecular complexity index is 392. The maximum atomic E-state index is 10.8. The number of rotatable bonds is 3. The van der Waals surface area contributed by atoms with Crippen molar-refractivity contribution in [1.29, 1.82) is 0 Å². The number of hydrogen-bond acceptors (Lipinski definition) is 4. The quantitative estimate of drug-likeness (QED) is 0.466. The molecule has 2 N–H and O–H groups in total. The summed E-state index contributed by atoms with van der Waals surface area (Å²) in [5.74, 6) is -0.788. The fourth-order valence-electron chi connectivity index (χ4n) is 0.998. The number of primary amides is 1. The molecule has 0 saturated carbocycles. The van der Waals surface area contributed by atoms with Crippen molar-refractivity contribution in [1.82, 2.24) is 0 Å². The first-order chi connectivity index (χ1) is 6.56. The molecule has 6 heteroatoms. The summed E-state index contributed by atoms with van der Waals surface area (Å²) in [5.41, 5.74) is 4.69. The molecule has 14 heavy (non-hydrogen) atoms. The van der Waals surface area contributed by atoms with Gasteiger partial charge < -0.3 is 5.73 Å². The largest absolute Gasteiger partial charge is 0.365 e. The number of carbonyl (C=O) groups excluding carboxylic acids is 1. The first-order valence-corrected chi connectivity index (χ1v) is 4.91. The standard InChI is InChI=1S/C8H8N2O3S/c1-14-5-2-3-6(8(9)11)7(4-5)10(12)13/h2-4H,1H3,(H2,9,11). The second-order valence-corrected chi connectivity index (χ2v) is 3.38. The molecule has 0 radical (unpaired) electrons. The van der Waals surface area contributed by atoms with E-state index in [9.17, 15) is 14.9 Å². The van der Waals surface area contributed by atoms with E-state index in [1.165, 1.54) is 23.9 Å². The molecule has 1 amide bonds. The summed E-state index contributed by atoms with van der Waals surface area (Å²) in [5, 5.41) is 10.6. The Morgan fingerprint density at radius 1 is 1.57 bits per heavy atom. The van der Waals surface area contributed by atoms with Crippen LogP contribution in [0.2, 0.25) is 0 Å². The molecule has 1 rings (SSSR count). The highest BCUT2D eigenvalue weighted by molar-refractivity contribution is 7.98. The Kier molecular flexibility index (Phi) is 3.08. The molecule has 0 fully saturated rings. The van der Waals surface area contributed by atoms with Crippen molar-refractivity contribution in [2.24, 2.45) is 5.73 Å². The van der Waals surface area contributed by atoms with Gasteiger partial charge in [0.25, 0.3) is 11.6 Å². The van der Waals surface area contributed by atoms with Gasteiger partial charge in [-0.25, -0.2) is 0 Å². The minimum Gasteiger partial charge on any atom is -0.365 e. The molecule has 0 saturated heterocycles. The summed E-state index contributed by atoms with van der Waals surface area (Å²) in [7, 11) is 0. The predicted molar refractivity (Wildman–Crippen MR) is 53.4 cm³/mol. The third-order valence-corrected chi connectivity index (χ3v) is 2.39. The lowest BCUT2D eigenvalue weighted by Crippen LogP contribution is -2.13. The lowest BCUT2D eigenvalue weighted by molar-refractivity contribution is -0.385. The van der Waals surface area contributed by atoms with Gasteiger partial charge in [0.05, 0.1) is 4.92 Å². The molecular weight excluding hydrogens is 204 g/mol. The van der Waals surface area contributed by atoms with Crippen LogP contribution in [0.3, 0.4) is 0 Å². The number of hydrogen-bond donors (Lipinski definition) is 1. The molecule has 5 nitrogen and oxygen atoms in total. The van der Waals surface area contributed by atoms with Gasteiger partial charge in [0.1, 0.15) is 5.56 Å². The van der Waals surface area contributed by atoms with Crippen LogP contribution in [0.15, 0.2) is 23.1 Å². The van der Waals surface area contributed by atoms with Crippen molar-refractivity contribution in [2.75, 3.05) is 6.26 Å². The normalized spacial score (nSPS) is 9.79. The highest BCUT2D eigenvalue weighted by Gasteiger charge is 2.18. The van der Waals surface area contributed by atoms with Gasteiger partial charge in [0, 0.05) is 11.0 Å². The number of nitrogens with zero attached hydrogens (tertiary/aromatic N) is 1. The van der Waals surface area contributed by atoms with Gasteiger partial charge in [0.15, 0.2) is 0 Å². The van der Waals surface area contributed by atoms with Crippen LogP contribution in [0, 0.1) is 10.1 Å². The number of nitrogens with two attached hydrogens (primary N) is 1. The van der Waals surface area contributed by atoms with Crippen LogP contribution in [-0.2, 0) is 0 Å². The average molecular weight is 212 g/mol. The Hall–Kier alpha value is -1.56. The highest BCUT2D eigenvalue weighted by atomic mass is 32.2. The number of benzene rings is 1. The number of carbonyl (C=O) groups is 1. The number of nitro benzene ring substituents is 1. The van der Waals surface area contributed by atoms with E-state index in [4.69, 9.17) is 5.73 Å². The zero-order valence-corrected chi connectivity index (χ0v) is 8.21. The van der Waals surface area contributed by atoms with Crippen LogP contribution < -0.4 is 5.73 Å². The van der Waals surface area contributed by atoms with Crippen molar-refractivity contribution in [3.8, 4) is 0 Å². The summed E-state index contributed by atoms with van der Waals surface area (Å²) in [6.45, 7) is 0. The van der Waals surface area contributed by atoms with E-state index in [-0.39, 0.29) is 11.3 Å². The van der Waals surface area contributed by atoms with Crippen LogP contribution >= 0.6 is 11.8 Å². The first-order valence-electron chi connectivity index (χ1n) is 3.68. The van der Waals surface area contributed by atoms with Gasteiger partial charge in [0.2, 0.25) is 0 Å². The third-order valence-electron chi connectivity index (χ3n) is 1.67. The topological polar surface area (TPSA) is 86.2 Å². The molecule has 0 aliphatic rings. The van der Waals surface area contributed by atoms with Crippen LogP contribution in [0.1, 0.15) is 10.4 Å². The van der Waals surface area contributed by atoms with E-state index in [0.717, 1.165) is 4.90 Å². The minimum atomic E-state index is -0.788. The maximum absolute atomic E-state index is 10.8. The fourth-order valence-corrected chi connectivity index (χ4v) is 1.43. The van der Waals surface area contributed by atoms with Gasteiger partial charge in [-0.05, 0) is 18.4 Å². The van der Waals surface area contributed by atoms with E-state index >= 15 is 0 Å². The monoisotopic (exact) mass is 212 g/mol. The van der Waals surface area contributed by atoms with E-state index in [0.29, 0.717) is 0 Å². The Morgan fingerprint density at radius 2 is 2.21 bits per heavy atom. The van der Waals surface area contributed by atoms with Crippen molar-refractivity contribution < 1.29 is 9.72 Å². The molecule has 0 bridgehead atoms. The molecule has 1 aromatic carbocycles. The summed E-state index contributed by atoms with van der Waals surface area (Å²) < 4.78 is 0. The van der Waals surface area contributed by atoms with Gasteiger partial charge in [-0.3, -0.25) is 14.9 Å². The Morgan fingerprint density at radius 3 is 2.64 bits per heavy atom. The molecular formula is C8H8N2O3S. The van der Waals surface area contributed by atoms with E-state index in [2.05, 4.69) is 0 Å². The first kappa shape index (κ1) is 10.5. The maximum Gasteiger partial charge on any atom is 0.283 e. The van der Waals surface area contributed by atoms with Crippen molar-refractivity contribution in [3.63, 3.8) is 0 Å². The number of nitro groups is 1. The molecule has 0 heterocycles. The second-order valence-electron chi connectivity index (χ2n) is 2.50. The molecule has 0 atom stereocenters. The number of thioether (sulfide) groups is 1. The minimum absolute atomic E-state index is 0.0622. The zero-order valence-electron chi connectivity index (χ0n) is 7.39. The fraction of sp³-hybridized carbons (Fsp3) is 0.125. The molecule has 0 aliphatic heterocycles. The summed E-state index contributed by atoms with van der Waals surface area (Å²) >= 11 is 1.36. The highest BCUT2D eigenvalue weighted by Crippen LogP contribution is 2.24. The van der Waals surface area contributed by atoms with E-state index in [1.54, 1.807) is 12.3 Å². The number of amides is 1. The van der Waals surface area contributed by atoms with E-state index in [1.807, 2.05) is 0 Å². The Labute approximate surface area is 84.4 Å². The van der Waals surface area contributed by atoms with Gasteiger partial charge in [-0.15, -0.1) is 11.8 Å². The van der Waals surface area contributed by atoms with Crippen LogP contribution in [-0.4, -0.2) is 17.1 Å². The second kappa shape index (κ2) is 4.10. The van der Waals surface area contributed by atoms with E-state index < -0.39 is 10.8 Å². The predicted octanol–water partition coefficient (Wildman–Crippen LogP) is 1.42. The van der Waals surface area contributed by atoms with Gasteiger partial charge >= 0.3 is 0 Å². The van der Waals surface area contributed by atoms with Crippen molar-refractivity contribution >= 4 is 23.4 Å². The van der Waals surface area contributed by atoms with Crippen LogP contribution in [0.5, 0.6) is 0 Å². The summed E-state index contributed by atoms with van der Waals surface area (Å²) in [6, 6.07) is 4.33. The molecule has 0 spiro atoms. The smallest absolute Gasteiger partial charge is 0.283 e. The zero-order chi connectivity index (χ0) is 10.7. The molecule has 0 unspecified atom stereocenters. The lowest BCUT2D eigenvalue weighted by Gasteiger charge is -2.00. The molecule has 74 valence electrons. The van der Waals surface area contributed by atoms with Crippen molar-refractivity contribution in [3.05, 3.63) is 33.9 Å². The van der Waals surface area contributed by atoms with Gasteiger partial charge in [-0.2, -0.15) is 0 Å². The summed E-state index contributed by atoms with van der Waals surface area (Å²) in [4.78, 5) is 21.5.